The molecule has 3 aromatic heterocycles. The number of amides is 1. The summed E-state index contributed by atoms with van der Waals surface area (Å²) in [7, 11) is 3.45. The number of benzene rings is 1. The van der Waals surface area contributed by atoms with E-state index < -0.39 is 5.91 Å². The van der Waals surface area contributed by atoms with Crippen LogP contribution in [-0.2, 0) is 7.05 Å². The highest BCUT2D eigenvalue weighted by molar-refractivity contribution is 6.18. The first-order valence-corrected chi connectivity index (χ1v) is 8.84. The number of nitrogen functional groups attached to an aromatic ring is 1. The molecule has 3 heterocycles. The van der Waals surface area contributed by atoms with Gasteiger partial charge in [0.15, 0.2) is 5.65 Å². The molecule has 0 aliphatic carbocycles. The maximum Gasteiger partial charge on any atom is 0.253 e. The Balaban J connectivity index is 2.32. The van der Waals surface area contributed by atoms with Gasteiger partial charge in [-0.15, -0.1) is 0 Å². The van der Waals surface area contributed by atoms with E-state index in [1.807, 2.05) is 44.5 Å². The number of rotatable bonds is 3. The van der Waals surface area contributed by atoms with E-state index in [2.05, 4.69) is 10.1 Å². The van der Waals surface area contributed by atoms with Crippen LogP contribution in [0.25, 0.3) is 27.6 Å². The number of carbonyl (C=O) groups is 1. The summed E-state index contributed by atoms with van der Waals surface area (Å²) in [4.78, 5) is 17.0. The third-order valence-corrected chi connectivity index (χ3v) is 5.28. The number of nitrogens with two attached hydrogens (primary N) is 2. The number of aromatic nitrogens is 4. The minimum Gasteiger partial charge on any atom is -0.496 e. The van der Waals surface area contributed by atoms with Gasteiger partial charge in [0, 0.05) is 18.0 Å². The van der Waals surface area contributed by atoms with Gasteiger partial charge in [0.25, 0.3) is 5.91 Å². The second-order valence-electron chi connectivity index (χ2n) is 6.94. The van der Waals surface area contributed by atoms with Crippen LogP contribution in [0.5, 0.6) is 5.75 Å². The van der Waals surface area contributed by atoms with Crippen molar-refractivity contribution in [3.63, 3.8) is 0 Å². The number of pyridine rings is 1. The van der Waals surface area contributed by atoms with Crippen molar-refractivity contribution in [2.24, 2.45) is 12.8 Å². The van der Waals surface area contributed by atoms with Gasteiger partial charge in [-0.3, -0.25) is 14.0 Å². The van der Waals surface area contributed by atoms with Crippen LogP contribution < -0.4 is 16.2 Å². The third kappa shape index (κ3) is 2.20. The first kappa shape index (κ1) is 17.8. The zero-order valence-corrected chi connectivity index (χ0v) is 16.5. The first-order valence-electron chi connectivity index (χ1n) is 8.84. The molecule has 0 fully saturated rings. The van der Waals surface area contributed by atoms with Gasteiger partial charge < -0.3 is 16.2 Å². The number of hydrogen-bond acceptors (Lipinski definition) is 5. The lowest BCUT2D eigenvalue weighted by Crippen LogP contribution is -2.14. The largest absolute Gasteiger partial charge is 0.496 e. The van der Waals surface area contributed by atoms with Crippen molar-refractivity contribution in [2.45, 2.75) is 20.8 Å². The lowest BCUT2D eigenvalue weighted by atomic mass is 10.1. The Hall–Kier alpha value is -3.55. The van der Waals surface area contributed by atoms with Crippen molar-refractivity contribution in [3.8, 4) is 11.4 Å². The summed E-state index contributed by atoms with van der Waals surface area (Å²) in [5.41, 5.74) is 17.4. The van der Waals surface area contributed by atoms with Gasteiger partial charge in [-0.2, -0.15) is 5.10 Å². The van der Waals surface area contributed by atoms with Crippen molar-refractivity contribution >= 4 is 33.7 Å². The van der Waals surface area contributed by atoms with E-state index in [0.717, 1.165) is 33.5 Å². The van der Waals surface area contributed by atoms with Crippen LogP contribution in [-0.4, -0.2) is 32.3 Å². The molecule has 0 radical (unpaired) electrons. The van der Waals surface area contributed by atoms with Crippen LogP contribution in [0.1, 0.15) is 27.2 Å². The molecule has 0 unspecified atom stereocenters. The molecule has 0 saturated heterocycles. The molecule has 28 heavy (non-hydrogen) atoms. The number of methoxy groups -OCH3 is 1. The minimum atomic E-state index is -0.590. The Bertz CT molecular complexity index is 1280. The fourth-order valence-electron chi connectivity index (χ4n) is 4.01. The summed E-state index contributed by atoms with van der Waals surface area (Å²) < 4.78 is 9.08. The average molecular weight is 378 g/mol. The first-order chi connectivity index (χ1) is 13.3. The van der Waals surface area contributed by atoms with Gasteiger partial charge in [0.1, 0.15) is 11.6 Å². The van der Waals surface area contributed by atoms with Gasteiger partial charge >= 0.3 is 0 Å². The quantitative estimate of drug-likeness (QED) is 0.568. The lowest BCUT2D eigenvalue weighted by molar-refractivity contribution is 0.100. The van der Waals surface area contributed by atoms with Gasteiger partial charge in [-0.25, -0.2) is 4.98 Å². The highest BCUT2D eigenvalue weighted by atomic mass is 16.5. The van der Waals surface area contributed by atoms with E-state index in [9.17, 15) is 4.79 Å². The third-order valence-electron chi connectivity index (χ3n) is 5.28. The number of aryl methyl sites for hydroxylation is 3. The normalized spacial score (nSPS) is 11.5. The molecule has 1 amide bonds. The Morgan fingerprint density at radius 2 is 1.93 bits per heavy atom. The van der Waals surface area contributed by atoms with Crippen molar-refractivity contribution in [1.82, 2.24) is 19.3 Å². The molecule has 0 atom stereocenters. The van der Waals surface area contributed by atoms with Crippen molar-refractivity contribution < 1.29 is 9.53 Å². The molecule has 144 valence electrons. The van der Waals surface area contributed by atoms with Crippen LogP contribution in [0.4, 0.5) is 5.82 Å². The van der Waals surface area contributed by atoms with Crippen molar-refractivity contribution in [2.75, 3.05) is 12.8 Å². The predicted octanol–water partition coefficient (Wildman–Crippen LogP) is 2.53. The van der Waals surface area contributed by atoms with E-state index in [4.69, 9.17) is 16.2 Å². The topological polar surface area (TPSA) is 114 Å². The molecule has 1 aromatic carbocycles. The molecule has 0 bridgehead atoms. The Kier molecular flexibility index (Phi) is 3.81. The maximum absolute atomic E-state index is 12.3. The summed E-state index contributed by atoms with van der Waals surface area (Å²) in [5.74, 6) is 0.423. The number of anilines is 1. The summed E-state index contributed by atoms with van der Waals surface area (Å²) in [6.07, 6.45) is 1.73. The van der Waals surface area contributed by atoms with Crippen LogP contribution in [0.3, 0.4) is 0 Å². The van der Waals surface area contributed by atoms with E-state index in [-0.39, 0.29) is 11.4 Å². The smallest absolute Gasteiger partial charge is 0.253 e. The number of nitrogens with zero attached hydrogens (tertiary/aromatic N) is 4. The fourth-order valence-corrected chi connectivity index (χ4v) is 4.01. The average Bonchev–Trinajstić information content (AvgIpc) is 3.14. The fraction of sp³-hybridized carbons (Fsp3) is 0.250. The van der Waals surface area contributed by atoms with Gasteiger partial charge in [0.2, 0.25) is 0 Å². The SMILES string of the molecule is COc1ccc(C)c(-n2c(N)c(C(N)=O)c3c(C)nc4c(cnn4C)c32)c1C. The highest BCUT2D eigenvalue weighted by Crippen LogP contribution is 2.40. The molecular weight excluding hydrogens is 356 g/mol. The van der Waals surface area contributed by atoms with E-state index >= 15 is 0 Å². The number of hydrogen-bond donors (Lipinski definition) is 2. The van der Waals surface area contributed by atoms with E-state index in [0.29, 0.717) is 16.7 Å². The zero-order valence-electron chi connectivity index (χ0n) is 16.5. The molecule has 0 spiro atoms. The van der Waals surface area contributed by atoms with Gasteiger partial charge in [-0.1, -0.05) is 6.07 Å². The zero-order chi connectivity index (χ0) is 20.3. The van der Waals surface area contributed by atoms with E-state index in [1.54, 1.807) is 18.0 Å². The number of fused-ring (bicyclic) bond motifs is 3. The number of primary amides is 1. The monoisotopic (exact) mass is 378 g/mol. The minimum absolute atomic E-state index is 0.271. The molecule has 8 nitrogen and oxygen atoms in total. The summed E-state index contributed by atoms with van der Waals surface area (Å²) in [6.45, 7) is 5.80. The summed E-state index contributed by atoms with van der Waals surface area (Å²) >= 11 is 0. The number of ether oxygens (including phenoxy) is 1. The van der Waals surface area contributed by atoms with Crippen LogP contribution in [0, 0.1) is 20.8 Å². The molecule has 8 heteroatoms. The van der Waals surface area contributed by atoms with Crippen molar-refractivity contribution in [3.05, 3.63) is 40.7 Å². The van der Waals surface area contributed by atoms with Crippen LogP contribution >= 0.6 is 0 Å². The Morgan fingerprint density at radius 1 is 1.21 bits per heavy atom. The standard InChI is InChI=1S/C20H22N6O2/c1-9-6-7-13(28-5)10(2)16(9)26-17-12-8-23-25(4)20(12)24-11(3)14(17)15(18(26)21)19(22)27/h6-8H,21H2,1-5H3,(H2,22,27). The number of carbonyl (C=O) groups excluding carboxylic acids is 1. The van der Waals surface area contributed by atoms with Crippen molar-refractivity contribution in [1.29, 1.82) is 0 Å². The lowest BCUT2D eigenvalue weighted by Gasteiger charge is -2.17. The molecular formula is C20H22N6O2. The molecule has 4 aromatic rings. The second kappa shape index (κ2) is 5.98. The molecule has 0 saturated carbocycles. The van der Waals surface area contributed by atoms with E-state index in [1.165, 1.54) is 0 Å². The molecule has 4 N–H and O–H groups in total. The molecule has 0 aliphatic rings. The second-order valence-corrected chi connectivity index (χ2v) is 6.94. The maximum atomic E-state index is 12.3. The Labute approximate surface area is 161 Å². The van der Waals surface area contributed by atoms with Crippen LogP contribution in [0.15, 0.2) is 18.3 Å². The highest BCUT2D eigenvalue weighted by Gasteiger charge is 2.27. The van der Waals surface area contributed by atoms with Gasteiger partial charge in [-0.05, 0) is 32.4 Å². The summed E-state index contributed by atoms with van der Waals surface area (Å²) in [6, 6.07) is 3.88. The predicted molar refractivity (Wildman–Crippen MR) is 109 cm³/mol. The summed E-state index contributed by atoms with van der Waals surface area (Å²) in [5, 5.41) is 5.78. The van der Waals surface area contributed by atoms with Crippen LogP contribution in [0.2, 0.25) is 0 Å². The Morgan fingerprint density at radius 3 is 2.57 bits per heavy atom. The molecule has 4 rings (SSSR count). The van der Waals surface area contributed by atoms with Gasteiger partial charge in [0.05, 0.1) is 41.2 Å². The molecule has 0 aliphatic heterocycles.